The van der Waals surface area contributed by atoms with Crippen molar-refractivity contribution < 1.29 is 19.2 Å². The first kappa shape index (κ1) is 19.2. The zero-order chi connectivity index (χ0) is 19.4. The van der Waals surface area contributed by atoms with Gasteiger partial charge in [0.05, 0.1) is 0 Å². The van der Waals surface area contributed by atoms with Gasteiger partial charge in [0, 0.05) is 22.3 Å². The zero-order valence-electron chi connectivity index (χ0n) is 15.3. The molecule has 2 rings (SSSR count). The van der Waals surface area contributed by atoms with Crippen LogP contribution in [0.3, 0.4) is 0 Å². The zero-order valence-corrected chi connectivity index (χ0v) is 15.3. The Morgan fingerprint density at radius 2 is 1.12 bits per heavy atom. The van der Waals surface area contributed by atoms with Gasteiger partial charge < -0.3 is 0 Å². The van der Waals surface area contributed by atoms with Gasteiger partial charge in [0.2, 0.25) is 0 Å². The SMILES string of the molecule is CC(=O)C(=C(C(C)=O)c1cccc(C(C)=O)c1C(C)=O)c1ccccc1. The number of benzene rings is 2. The van der Waals surface area contributed by atoms with Crippen molar-refractivity contribution in [2.75, 3.05) is 0 Å². The lowest BCUT2D eigenvalue weighted by atomic mass is 9.85. The summed E-state index contributed by atoms with van der Waals surface area (Å²) < 4.78 is 0. The number of rotatable bonds is 6. The highest BCUT2D eigenvalue weighted by Crippen LogP contribution is 2.32. The van der Waals surface area contributed by atoms with Crippen molar-refractivity contribution in [1.82, 2.24) is 0 Å². The molecule has 4 nitrogen and oxygen atoms in total. The van der Waals surface area contributed by atoms with E-state index in [0.717, 1.165) is 0 Å². The summed E-state index contributed by atoms with van der Waals surface area (Å²) >= 11 is 0. The first-order valence-electron chi connectivity index (χ1n) is 8.22. The van der Waals surface area contributed by atoms with E-state index in [1.807, 2.05) is 6.07 Å². The normalized spacial score (nSPS) is 11.5. The summed E-state index contributed by atoms with van der Waals surface area (Å²) in [7, 11) is 0. The number of allylic oxidation sites excluding steroid dienone is 2. The van der Waals surface area contributed by atoms with E-state index in [4.69, 9.17) is 0 Å². The van der Waals surface area contributed by atoms with Gasteiger partial charge >= 0.3 is 0 Å². The van der Waals surface area contributed by atoms with Gasteiger partial charge in [-0.1, -0.05) is 48.5 Å². The molecule has 0 unspecified atom stereocenters. The third-order valence-corrected chi connectivity index (χ3v) is 4.08. The summed E-state index contributed by atoms with van der Waals surface area (Å²) in [6, 6.07) is 13.6. The molecule has 0 aliphatic rings. The number of hydrogen-bond donors (Lipinski definition) is 0. The first-order chi connectivity index (χ1) is 12.3. The minimum absolute atomic E-state index is 0.150. The molecule has 0 N–H and O–H groups in total. The van der Waals surface area contributed by atoms with Crippen LogP contribution < -0.4 is 0 Å². The lowest BCUT2D eigenvalue weighted by Gasteiger charge is -2.16. The maximum atomic E-state index is 12.5. The number of hydrogen-bond acceptors (Lipinski definition) is 4. The molecule has 0 radical (unpaired) electrons. The standard InChI is InChI=1S/C22H20O4/c1-13(23)18-11-8-12-19(21(18)15(3)25)22(16(4)26)20(14(2)24)17-9-6-5-7-10-17/h5-12H,1-4H3. The number of ketones is 4. The Morgan fingerprint density at radius 3 is 1.58 bits per heavy atom. The fourth-order valence-electron chi connectivity index (χ4n) is 3.06. The summed E-state index contributed by atoms with van der Waals surface area (Å²) in [6.45, 7) is 5.45. The van der Waals surface area contributed by atoms with E-state index in [2.05, 4.69) is 0 Å². The van der Waals surface area contributed by atoms with Crippen molar-refractivity contribution in [3.63, 3.8) is 0 Å². The molecule has 2 aromatic rings. The van der Waals surface area contributed by atoms with E-state index in [-0.39, 0.29) is 45.4 Å². The lowest BCUT2D eigenvalue weighted by Crippen LogP contribution is -2.13. The Balaban J connectivity index is 2.98. The fourth-order valence-corrected chi connectivity index (χ4v) is 3.06. The Kier molecular flexibility index (Phi) is 5.78. The van der Waals surface area contributed by atoms with E-state index in [1.165, 1.54) is 27.7 Å². The van der Waals surface area contributed by atoms with Crippen molar-refractivity contribution in [2.45, 2.75) is 27.7 Å². The highest BCUT2D eigenvalue weighted by Gasteiger charge is 2.25. The Bertz CT molecular complexity index is 934. The van der Waals surface area contributed by atoms with Crippen LogP contribution in [0.25, 0.3) is 11.1 Å². The van der Waals surface area contributed by atoms with E-state index in [0.29, 0.717) is 11.1 Å². The van der Waals surface area contributed by atoms with E-state index in [9.17, 15) is 19.2 Å². The molecule has 4 heteroatoms. The summed E-state index contributed by atoms with van der Waals surface area (Å²) in [6.07, 6.45) is 0. The van der Waals surface area contributed by atoms with E-state index >= 15 is 0 Å². The predicted molar refractivity (Wildman–Crippen MR) is 101 cm³/mol. The van der Waals surface area contributed by atoms with Gasteiger partial charge in [-0.2, -0.15) is 0 Å². The van der Waals surface area contributed by atoms with Crippen LogP contribution in [-0.4, -0.2) is 23.1 Å². The summed E-state index contributed by atoms with van der Waals surface area (Å²) in [5.41, 5.74) is 1.70. The number of carbonyl (C=O) groups excluding carboxylic acids is 4. The quantitative estimate of drug-likeness (QED) is 0.446. The largest absolute Gasteiger partial charge is 0.294 e. The molecule has 0 aliphatic heterocycles. The third-order valence-electron chi connectivity index (χ3n) is 4.08. The summed E-state index contributed by atoms with van der Waals surface area (Å²) in [5.74, 6) is -1.24. The van der Waals surface area contributed by atoms with Gasteiger partial charge in [0.1, 0.15) is 0 Å². The molecular weight excluding hydrogens is 328 g/mol. The monoisotopic (exact) mass is 348 g/mol. The maximum Gasteiger partial charge on any atom is 0.161 e. The number of carbonyl (C=O) groups is 4. The molecule has 0 bridgehead atoms. The van der Waals surface area contributed by atoms with Crippen molar-refractivity contribution >= 4 is 34.3 Å². The second-order valence-electron chi connectivity index (χ2n) is 6.07. The smallest absolute Gasteiger partial charge is 0.161 e. The molecule has 0 atom stereocenters. The van der Waals surface area contributed by atoms with Gasteiger partial charge in [-0.15, -0.1) is 0 Å². The highest BCUT2D eigenvalue weighted by molar-refractivity contribution is 6.40. The van der Waals surface area contributed by atoms with Gasteiger partial charge in [-0.05, 0) is 38.8 Å². The van der Waals surface area contributed by atoms with E-state index < -0.39 is 0 Å². The maximum absolute atomic E-state index is 12.5. The summed E-state index contributed by atoms with van der Waals surface area (Å²) in [4.78, 5) is 49.2. The van der Waals surface area contributed by atoms with Gasteiger partial charge in [0.25, 0.3) is 0 Å². The molecule has 0 spiro atoms. The van der Waals surface area contributed by atoms with Crippen molar-refractivity contribution in [1.29, 1.82) is 0 Å². The minimum atomic E-state index is -0.345. The molecule has 0 aliphatic carbocycles. The molecule has 0 heterocycles. The molecular formula is C22H20O4. The van der Waals surface area contributed by atoms with Crippen molar-refractivity contribution in [2.24, 2.45) is 0 Å². The second-order valence-corrected chi connectivity index (χ2v) is 6.07. The highest BCUT2D eigenvalue weighted by atomic mass is 16.1. The Morgan fingerprint density at radius 1 is 0.577 bits per heavy atom. The molecule has 0 aromatic heterocycles. The molecule has 0 amide bonds. The Labute approximate surface area is 152 Å². The molecule has 26 heavy (non-hydrogen) atoms. The molecule has 0 saturated heterocycles. The van der Waals surface area contributed by atoms with Crippen molar-refractivity contribution in [3.05, 3.63) is 70.8 Å². The van der Waals surface area contributed by atoms with E-state index in [1.54, 1.807) is 42.5 Å². The van der Waals surface area contributed by atoms with Crippen LogP contribution in [-0.2, 0) is 9.59 Å². The molecule has 0 saturated carbocycles. The first-order valence-corrected chi connectivity index (χ1v) is 8.22. The number of Topliss-reactive ketones (excluding diaryl/α,β-unsaturated/α-hetero) is 4. The average molecular weight is 348 g/mol. The third kappa shape index (κ3) is 3.75. The molecule has 0 fully saturated rings. The molecule has 132 valence electrons. The Hall–Kier alpha value is -3.14. The predicted octanol–water partition coefficient (Wildman–Crippen LogP) is 4.18. The second kappa shape index (κ2) is 7.83. The summed E-state index contributed by atoms with van der Waals surface area (Å²) in [5, 5.41) is 0. The minimum Gasteiger partial charge on any atom is -0.294 e. The van der Waals surface area contributed by atoms with Crippen LogP contribution in [0.1, 0.15) is 59.5 Å². The molecule has 2 aromatic carbocycles. The van der Waals surface area contributed by atoms with Crippen LogP contribution in [0.5, 0.6) is 0 Å². The van der Waals surface area contributed by atoms with Crippen LogP contribution in [0.2, 0.25) is 0 Å². The van der Waals surface area contributed by atoms with Gasteiger partial charge in [-0.3, -0.25) is 19.2 Å². The lowest BCUT2D eigenvalue weighted by molar-refractivity contribution is -0.113. The van der Waals surface area contributed by atoms with Crippen LogP contribution in [0.4, 0.5) is 0 Å². The van der Waals surface area contributed by atoms with Crippen LogP contribution in [0.15, 0.2) is 48.5 Å². The average Bonchev–Trinajstić information content (AvgIpc) is 2.58. The van der Waals surface area contributed by atoms with Crippen LogP contribution >= 0.6 is 0 Å². The van der Waals surface area contributed by atoms with Gasteiger partial charge in [0.15, 0.2) is 23.1 Å². The fraction of sp³-hybridized carbons (Fsp3) is 0.182. The topological polar surface area (TPSA) is 68.3 Å². The van der Waals surface area contributed by atoms with Gasteiger partial charge in [-0.25, -0.2) is 0 Å². The van der Waals surface area contributed by atoms with Crippen LogP contribution in [0, 0.1) is 0 Å². The van der Waals surface area contributed by atoms with Crippen molar-refractivity contribution in [3.8, 4) is 0 Å².